The van der Waals surface area contributed by atoms with Gasteiger partial charge in [0.2, 0.25) is 0 Å². The van der Waals surface area contributed by atoms with Crippen molar-refractivity contribution in [3.63, 3.8) is 0 Å². The van der Waals surface area contributed by atoms with Gasteiger partial charge in [-0.15, -0.1) is 0 Å². The van der Waals surface area contributed by atoms with Crippen LogP contribution in [0, 0.1) is 6.92 Å². The summed E-state index contributed by atoms with van der Waals surface area (Å²) in [6, 6.07) is 19.7. The Morgan fingerprint density at radius 1 is 1.10 bits per heavy atom. The summed E-state index contributed by atoms with van der Waals surface area (Å²) in [5.74, 6) is -0.757. The minimum absolute atomic E-state index is 0.102. The van der Waals surface area contributed by atoms with E-state index in [9.17, 15) is 9.59 Å². The van der Waals surface area contributed by atoms with Gasteiger partial charge in [-0.05, 0) is 35.7 Å². The maximum atomic E-state index is 12.9. The zero-order chi connectivity index (χ0) is 21.8. The number of hydrogen-bond donors (Lipinski definition) is 1. The third kappa shape index (κ3) is 4.49. The van der Waals surface area contributed by atoms with Gasteiger partial charge < -0.3 is 15.4 Å². The molecule has 2 aromatic carbocycles. The van der Waals surface area contributed by atoms with E-state index in [1.807, 2.05) is 24.3 Å². The topological polar surface area (TPSA) is 85.5 Å². The van der Waals surface area contributed by atoms with Crippen LogP contribution in [-0.2, 0) is 16.0 Å². The minimum Gasteiger partial charge on any atom is -0.367 e. The fraction of sp³-hybridized carbons (Fsp3) is 0.240. The number of nitrogens with zero attached hydrogens (tertiary/aromatic N) is 2. The van der Waals surface area contributed by atoms with Crippen LogP contribution in [-0.4, -0.2) is 47.0 Å². The summed E-state index contributed by atoms with van der Waals surface area (Å²) in [6.07, 6.45) is 3.43. The number of morpholine rings is 1. The first-order chi connectivity index (χ1) is 15.0. The molecule has 1 atom stereocenters. The van der Waals surface area contributed by atoms with Crippen LogP contribution in [0.3, 0.4) is 0 Å². The smallest absolute Gasteiger partial charge is 0.255 e. The van der Waals surface area contributed by atoms with E-state index in [0.717, 1.165) is 16.7 Å². The molecule has 1 aromatic heterocycles. The molecule has 2 heterocycles. The molecule has 1 aliphatic rings. The van der Waals surface area contributed by atoms with Gasteiger partial charge in [-0.1, -0.05) is 54.1 Å². The highest BCUT2D eigenvalue weighted by atomic mass is 16.5. The number of primary amides is 1. The number of carbonyl (C=O) groups is 2. The minimum atomic E-state index is -1.28. The Balaban J connectivity index is 1.59. The molecule has 6 heteroatoms. The molecule has 6 nitrogen and oxygen atoms in total. The maximum Gasteiger partial charge on any atom is 0.255 e. The molecule has 1 aliphatic heterocycles. The van der Waals surface area contributed by atoms with Crippen molar-refractivity contribution in [3.05, 3.63) is 89.7 Å². The van der Waals surface area contributed by atoms with Gasteiger partial charge in [-0.2, -0.15) is 0 Å². The van der Waals surface area contributed by atoms with Crippen LogP contribution in [0.15, 0.2) is 73.1 Å². The maximum absolute atomic E-state index is 12.9. The lowest BCUT2D eigenvalue weighted by Crippen LogP contribution is -2.61. The molecule has 4 rings (SSSR count). The summed E-state index contributed by atoms with van der Waals surface area (Å²) < 4.78 is 5.92. The molecule has 0 aliphatic carbocycles. The van der Waals surface area contributed by atoms with Crippen molar-refractivity contribution in [1.82, 2.24) is 9.88 Å². The number of ether oxygens (including phenoxy) is 1. The Kier molecular flexibility index (Phi) is 5.82. The Morgan fingerprint density at radius 2 is 1.90 bits per heavy atom. The molecular weight excluding hydrogens is 390 g/mol. The van der Waals surface area contributed by atoms with Gasteiger partial charge >= 0.3 is 0 Å². The Hall–Kier alpha value is -3.51. The SMILES string of the molecule is Cc1ccc(-c2cccc(C[C@@]3(C(N)=O)CN(C(=O)c4cccnc4)CCO3)c2)cc1. The van der Waals surface area contributed by atoms with Crippen LogP contribution in [0.5, 0.6) is 0 Å². The van der Waals surface area contributed by atoms with Crippen molar-refractivity contribution in [1.29, 1.82) is 0 Å². The fourth-order valence-electron chi connectivity index (χ4n) is 3.91. The molecule has 0 spiro atoms. The summed E-state index contributed by atoms with van der Waals surface area (Å²) in [5.41, 5.74) is 9.27. The average molecular weight is 415 g/mol. The second-order valence-electron chi connectivity index (χ2n) is 7.92. The lowest BCUT2D eigenvalue weighted by Gasteiger charge is -2.40. The molecule has 1 fully saturated rings. The number of carbonyl (C=O) groups excluding carboxylic acids is 2. The van der Waals surface area contributed by atoms with Gasteiger partial charge in [0.15, 0.2) is 5.60 Å². The van der Waals surface area contributed by atoms with Gasteiger partial charge in [0, 0.05) is 25.4 Å². The molecule has 0 radical (unpaired) electrons. The Bertz CT molecular complexity index is 1080. The standard InChI is InChI=1S/C25H25N3O3/c1-18-7-9-20(10-8-18)21-5-2-4-19(14-21)15-25(24(26)30)17-28(12-13-31-25)23(29)22-6-3-11-27-16-22/h2-11,14,16H,12-13,15,17H2,1H3,(H2,26,30)/t25-/m0/s1. The largest absolute Gasteiger partial charge is 0.367 e. The summed E-state index contributed by atoms with van der Waals surface area (Å²) in [6.45, 7) is 2.79. The van der Waals surface area contributed by atoms with Crippen molar-refractivity contribution >= 4 is 11.8 Å². The zero-order valence-electron chi connectivity index (χ0n) is 17.5. The lowest BCUT2D eigenvalue weighted by molar-refractivity contribution is -0.153. The monoisotopic (exact) mass is 415 g/mol. The van der Waals surface area contributed by atoms with E-state index in [1.165, 1.54) is 11.8 Å². The van der Waals surface area contributed by atoms with Crippen LogP contribution in [0.25, 0.3) is 11.1 Å². The van der Waals surface area contributed by atoms with Crippen LogP contribution in [0.1, 0.15) is 21.5 Å². The third-order valence-corrected chi connectivity index (χ3v) is 5.63. The molecule has 31 heavy (non-hydrogen) atoms. The van der Waals surface area contributed by atoms with E-state index < -0.39 is 11.5 Å². The summed E-state index contributed by atoms with van der Waals surface area (Å²) in [5, 5.41) is 0. The predicted molar refractivity (Wildman–Crippen MR) is 118 cm³/mol. The predicted octanol–water partition coefficient (Wildman–Crippen LogP) is 3.00. The fourth-order valence-corrected chi connectivity index (χ4v) is 3.91. The van der Waals surface area contributed by atoms with Crippen LogP contribution >= 0.6 is 0 Å². The van der Waals surface area contributed by atoms with E-state index in [-0.39, 0.29) is 19.1 Å². The Labute approximate surface area is 181 Å². The number of rotatable bonds is 5. The second kappa shape index (κ2) is 8.70. The van der Waals surface area contributed by atoms with Crippen molar-refractivity contribution < 1.29 is 14.3 Å². The van der Waals surface area contributed by atoms with E-state index in [2.05, 4.69) is 36.2 Å². The van der Waals surface area contributed by atoms with E-state index in [0.29, 0.717) is 18.5 Å². The highest BCUT2D eigenvalue weighted by Crippen LogP contribution is 2.27. The van der Waals surface area contributed by atoms with Gasteiger partial charge in [-0.25, -0.2) is 0 Å². The molecule has 2 amide bonds. The number of aryl methyl sites for hydroxylation is 1. The number of nitrogens with two attached hydrogens (primary N) is 1. The van der Waals surface area contributed by atoms with E-state index >= 15 is 0 Å². The lowest BCUT2D eigenvalue weighted by atomic mass is 9.90. The first-order valence-corrected chi connectivity index (χ1v) is 10.3. The average Bonchev–Trinajstić information content (AvgIpc) is 2.80. The van der Waals surface area contributed by atoms with Gasteiger partial charge in [0.25, 0.3) is 11.8 Å². The van der Waals surface area contributed by atoms with E-state index in [4.69, 9.17) is 10.5 Å². The van der Waals surface area contributed by atoms with Crippen molar-refractivity contribution in [2.45, 2.75) is 18.9 Å². The molecule has 2 N–H and O–H groups in total. The summed E-state index contributed by atoms with van der Waals surface area (Å²) in [7, 11) is 0. The molecule has 158 valence electrons. The summed E-state index contributed by atoms with van der Waals surface area (Å²) in [4.78, 5) is 31.1. The van der Waals surface area contributed by atoms with Crippen molar-refractivity contribution in [3.8, 4) is 11.1 Å². The highest BCUT2D eigenvalue weighted by Gasteiger charge is 2.44. The molecule has 0 saturated carbocycles. The van der Waals surface area contributed by atoms with Gasteiger partial charge in [0.1, 0.15) is 0 Å². The van der Waals surface area contributed by atoms with E-state index in [1.54, 1.807) is 23.2 Å². The number of aromatic nitrogens is 1. The Morgan fingerprint density at radius 3 is 2.61 bits per heavy atom. The number of hydrogen-bond acceptors (Lipinski definition) is 4. The van der Waals surface area contributed by atoms with Crippen molar-refractivity contribution in [2.75, 3.05) is 19.7 Å². The van der Waals surface area contributed by atoms with Crippen LogP contribution in [0.2, 0.25) is 0 Å². The van der Waals surface area contributed by atoms with Crippen LogP contribution in [0.4, 0.5) is 0 Å². The molecule has 1 saturated heterocycles. The zero-order valence-corrected chi connectivity index (χ0v) is 17.5. The molecular formula is C25H25N3O3. The molecule has 3 aromatic rings. The molecule has 0 unspecified atom stereocenters. The highest BCUT2D eigenvalue weighted by molar-refractivity contribution is 5.95. The number of benzene rings is 2. The molecule has 0 bridgehead atoms. The van der Waals surface area contributed by atoms with Gasteiger partial charge in [-0.3, -0.25) is 14.6 Å². The summed E-state index contributed by atoms with van der Waals surface area (Å²) >= 11 is 0. The second-order valence-corrected chi connectivity index (χ2v) is 7.92. The number of pyridine rings is 1. The quantitative estimate of drug-likeness (QED) is 0.694. The normalized spacial score (nSPS) is 18.5. The first kappa shape index (κ1) is 20.8. The van der Waals surface area contributed by atoms with Crippen molar-refractivity contribution in [2.24, 2.45) is 5.73 Å². The van der Waals surface area contributed by atoms with Gasteiger partial charge in [0.05, 0.1) is 18.7 Å². The van der Waals surface area contributed by atoms with Crippen LogP contribution < -0.4 is 5.73 Å². The first-order valence-electron chi connectivity index (χ1n) is 10.3. The third-order valence-electron chi connectivity index (χ3n) is 5.63. The number of amides is 2.